The Morgan fingerprint density at radius 3 is 2.65 bits per heavy atom. The first-order chi connectivity index (χ1) is 8.29. The minimum Gasteiger partial charge on any atom is -0.330 e. The molecule has 0 amide bonds. The van der Waals surface area contributed by atoms with E-state index in [1.807, 2.05) is 24.3 Å². The second-order valence-corrected chi connectivity index (χ2v) is 4.09. The van der Waals surface area contributed by atoms with Crippen molar-refractivity contribution in [1.29, 1.82) is 0 Å². The van der Waals surface area contributed by atoms with Crippen LogP contribution in [0.1, 0.15) is 12.2 Å². The van der Waals surface area contributed by atoms with Crippen molar-refractivity contribution in [2.75, 3.05) is 6.54 Å². The first-order valence-electron chi connectivity index (χ1n) is 5.44. The van der Waals surface area contributed by atoms with E-state index in [1.54, 1.807) is 6.20 Å². The summed E-state index contributed by atoms with van der Waals surface area (Å²) in [6.07, 6.45) is 3.27. The number of aryl methyl sites for hydroxylation is 1. The average molecular weight is 249 g/mol. The topological polar surface area (TPSA) is 64.7 Å². The molecule has 2 aromatic rings. The van der Waals surface area contributed by atoms with Gasteiger partial charge < -0.3 is 5.73 Å². The molecule has 88 valence electrons. The number of nitrogens with zero attached hydrogens (tertiary/aromatic N) is 3. The standard InChI is InChI=1S/C12H13ClN4/c13-10-5-3-9(4-6-10)11-8-15-17-12(16-11)2-1-7-14/h3-6,8H,1-2,7,14H2. The Morgan fingerprint density at radius 2 is 1.94 bits per heavy atom. The van der Waals surface area contributed by atoms with Crippen molar-refractivity contribution in [3.63, 3.8) is 0 Å². The van der Waals surface area contributed by atoms with Crippen LogP contribution in [-0.4, -0.2) is 21.7 Å². The number of benzene rings is 1. The van der Waals surface area contributed by atoms with E-state index in [1.165, 1.54) is 0 Å². The summed E-state index contributed by atoms with van der Waals surface area (Å²) >= 11 is 5.84. The molecule has 1 heterocycles. The summed E-state index contributed by atoms with van der Waals surface area (Å²) in [4.78, 5) is 4.44. The largest absolute Gasteiger partial charge is 0.330 e. The van der Waals surface area contributed by atoms with E-state index < -0.39 is 0 Å². The van der Waals surface area contributed by atoms with E-state index in [-0.39, 0.29) is 0 Å². The summed E-state index contributed by atoms with van der Waals surface area (Å²) in [6, 6.07) is 7.50. The number of halogens is 1. The SMILES string of the molecule is NCCCc1nncc(-c2ccc(Cl)cc2)n1. The molecule has 0 spiro atoms. The van der Waals surface area contributed by atoms with Crippen LogP contribution in [0.25, 0.3) is 11.3 Å². The molecule has 17 heavy (non-hydrogen) atoms. The van der Waals surface area contributed by atoms with Gasteiger partial charge in [0.25, 0.3) is 0 Å². The molecule has 0 unspecified atom stereocenters. The summed E-state index contributed by atoms with van der Waals surface area (Å²) in [5.41, 5.74) is 7.25. The second kappa shape index (κ2) is 5.70. The highest BCUT2D eigenvalue weighted by Crippen LogP contribution is 2.18. The molecular formula is C12H13ClN4. The first-order valence-corrected chi connectivity index (χ1v) is 5.82. The molecule has 0 bridgehead atoms. The van der Waals surface area contributed by atoms with Crippen molar-refractivity contribution in [3.05, 3.63) is 41.3 Å². The van der Waals surface area contributed by atoms with Gasteiger partial charge in [0.2, 0.25) is 0 Å². The molecule has 0 saturated heterocycles. The van der Waals surface area contributed by atoms with Crippen LogP contribution in [0.4, 0.5) is 0 Å². The predicted molar refractivity (Wildman–Crippen MR) is 67.6 cm³/mol. The highest BCUT2D eigenvalue weighted by Gasteiger charge is 2.03. The molecule has 0 atom stereocenters. The van der Waals surface area contributed by atoms with E-state index in [0.717, 1.165) is 29.9 Å². The Balaban J connectivity index is 2.23. The van der Waals surface area contributed by atoms with Crippen molar-refractivity contribution in [3.8, 4) is 11.3 Å². The van der Waals surface area contributed by atoms with Gasteiger partial charge in [-0.3, -0.25) is 0 Å². The fourth-order valence-corrected chi connectivity index (χ4v) is 1.59. The highest BCUT2D eigenvalue weighted by atomic mass is 35.5. The molecule has 0 aliphatic carbocycles. The predicted octanol–water partition coefficient (Wildman–Crippen LogP) is 2.08. The van der Waals surface area contributed by atoms with Crippen molar-refractivity contribution in [2.24, 2.45) is 5.73 Å². The van der Waals surface area contributed by atoms with Crippen molar-refractivity contribution < 1.29 is 0 Å². The number of rotatable bonds is 4. The third kappa shape index (κ3) is 3.22. The summed E-state index contributed by atoms with van der Waals surface area (Å²) in [5, 5.41) is 8.63. The zero-order valence-corrected chi connectivity index (χ0v) is 10.1. The second-order valence-electron chi connectivity index (χ2n) is 3.66. The van der Waals surface area contributed by atoms with E-state index in [0.29, 0.717) is 11.6 Å². The van der Waals surface area contributed by atoms with E-state index in [9.17, 15) is 0 Å². The van der Waals surface area contributed by atoms with E-state index in [2.05, 4.69) is 15.2 Å². The fourth-order valence-electron chi connectivity index (χ4n) is 1.47. The van der Waals surface area contributed by atoms with Crippen LogP contribution in [0.5, 0.6) is 0 Å². The van der Waals surface area contributed by atoms with Gasteiger partial charge in [-0.2, -0.15) is 5.10 Å². The molecule has 5 heteroatoms. The maximum absolute atomic E-state index is 5.84. The van der Waals surface area contributed by atoms with Crippen molar-refractivity contribution in [2.45, 2.75) is 12.8 Å². The van der Waals surface area contributed by atoms with Gasteiger partial charge in [-0.1, -0.05) is 23.7 Å². The lowest BCUT2D eigenvalue weighted by molar-refractivity contribution is 0.753. The molecule has 0 radical (unpaired) electrons. The van der Waals surface area contributed by atoms with Gasteiger partial charge >= 0.3 is 0 Å². The quantitative estimate of drug-likeness (QED) is 0.900. The molecule has 1 aromatic heterocycles. The number of nitrogens with two attached hydrogens (primary N) is 1. The van der Waals surface area contributed by atoms with Crippen LogP contribution in [-0.2, 0) is 6.42 Å². The molecule has 1 aromatic carbocycles. The summed E-state index contributed by atoms with van der Waals surface area (Å²) < 4.78 is 0. The Morgan fingerprint density at radius 1 is 1.18 bits per heavy atom. The van der Waals surface area contributed by atoms with Gasteiger partial charge in [0, 0.05) is 17.0 Å². The molecule has 2 rings (SSSR count). The van der Waals surface area contributed by atoms with Gasteiger partial charge in [-0.05, 0) is 25.1 Å². The van der Waals surface area contributed by atoms with E-state index >= 15 is 0 Å². The maximum atomic E-state index is 5.84. The van der Waals surface area contributed by atoms with Crippen LogP contribution in [0.3, 0.4) is 0 Å². The fraction of sp³-hybridized carbons (Fsp3) is 0.250. The molecule has 0 saturated carbocycles. The Kier molecular flexibility index (Phi) is 4.01. The Hall–Kier alpha value is -1.52. The third-order valence-corrected chi connectivity index (χ3v) is 2.60. The average Bonchev–Trinajstić information content (AvgIpc) is 2.37. The third-order valence-electron chi connectivity index (χ3n) is 2.35. The van der Waals surface area contributed by atoms with Crippen LogP contribution < -0.4 is 5.73 Å². The van der Waals surface area contributed by atoms with Crippen LogP contribution in [0.2, 0.25) is 5.02 Å². The van der Waals surface area contributed by atoms with Crippen molar-refractivity contribution in [1.82, 2.24) is 15.2 Å². The number of hydrogen-bond donors (Lipinski definition) is 1. The first kappa shape index (κ1) is 12.0. The zero-order chi connectivity index (χ0) is 12.1. The van der Waals surface area contributed by atoms with Gasteiger partial charge in [0.05, 0.1) is 11.9 Å². The van der Waals surface area contributed by atoms with E-state index in [4.69, 9.17) is 17.3 Å². The number of aromatic nitrogens is 3. The molecule has 2 N–H and O–H groups in total. The van der Waals surface area contributed by atoms with Gasteiger partial charge in [0.1, 0.15) is 0 Å². The maximum Gasteiger partial charge on any atom is 0.151 e. The lowest BCUT2D eigenvalue weighted by atomic mass is 10.1. The lowest BCUT2D eigenvalue weighted by Crippen LogP contribution is -2.04. The summed E-state index contributed by atoms with van der Waals surface area (Å²) in [6.45, 7) is 0.633. The zero-order valence-electron chi connectivity index (χ0n) is 9.31. The van der Waals surface area contributed by atoms with Crippen LogP contribution in [0.15, 0.2) is 30.5 Å². The minimum absolute atomic E-state index is 0.633. The van der Waals surface area contributed by atoms with Gasteiger partial charge in [-0.25, -0.2) is 4.98 Å². The molecule has 4 nitrogen and oxygen atoms in total. The molecular weight excluding hydrogens is 236 g/mol. The molecule has 0 fully saturated rings. The normalized spacial score (nSPS) is 10.5. The monoisotopic (exact) mass is 248 g/mol. The van der Waals surface area contributed by atoms with Gasteiger partial charge in [0.15, 0.2) is 5.82 Å². The molecule has 0 aliphatic rings. The van der Waals surface area contributed by atoms with Gasteiger partial charge in [-0.15, -0.1) is 5.10 Å². The minimum atomic E-state index is 0.633. The van der Waals surface area contributed by atoms with Crippen LogP contribution in [0, 0.1) is 0 Å². The molecule has 0 aliphatic heterocycles. The summed E-state index contributed by atoms with van der Waals surface area (Å²) in [7, 11) is 0. The smallest absolute Gasteiger partial charge is 0.151 e. The van der Waals surface area contributed by atoms with Crippen LogP contribution >= 0.6 is 11.6 Å². The summed E-state index contributed by atoms with van der Waals surface area (Å²) in [5.74, 6) is 0.725. The Labute approximate surface area is 105 Å². The Bertz CT molecular complexity index is 484. The van der Waals surface area contributed by atoms with Crippen molar-refractivity contribution >= 4 is 11.6 Å². The lowest BCUT2D eigenvalue weighted by Gasteiger charge is -2.02. The highest BCUT2D eigenvalue weighted by molar-refractivity contribution is 6.30. The number of hydrogen-bond acceptors (Lipinski definition) is 4.